The molecular weight excluding hydrogens is 288 g/mol. The fourth-order valence-corrected chi connectivity index (χ4v) is 2.84. The predicted octanol–water partition coefficient (Wildman–Crippen LogP) is 1.87. The number of hydrogen-bond acceptors (Lipinski definition) is 4. The van der Waals surface area contributed by atoms with E-state index in [9.17, 15) is 8.42 Å². The Bertz CT molecular complexity index is 763. The Balaban J connectivity index is 2.70. The molecule has 2 aromatic rings. The van der Waals surface area contributed by atoms with Gasteiger partial charge in [-0.3, -0.25) is 4.57 Å². The highest BCUT2D eigenvalue weighted by Crippen LogP contribution is 2.26. The van der Waals surface area contributed by atoms with Crippen molar-refractivity contribution in [3.63, 3.8) is 0 Å². The third-order valence-corrected chi connectivity index (χ3v) is 4.18. The predicted molar refractivity (Wildman–Crippen MR) is 81.1 cm³/mol. The minimum Gasteiger partial charge on any atom is -0.296 e. The second-order valence-electron chi connectivity index (χ2n) is 5.60. The number of nitrogens with two attached hydrogens (primary N) is 1. The van der Waals surface area contributed by atoms with Crippen LogP contribution in [0.2, 0.25) is 0 Å². The number of aryl methyl sites for hydroxylation is 1. The van der Waals surface area contributed by atoms with Crippen molar-refractivity contribution in [1.82, 2.24) is 14.8 Å². The molecule has 1 aromatic carbocycles. The first-order valence-electron chi connectivity index (χ1n) is 6.74. The van der Waals surface area contributed by atoms with Crippen molar-refractivity contribution in [1.29, 1.82) is 0 Å². The van der Waals surface area contributed by atoms with Crippen LogP contribution < -0.4 is 5.14 Å². The van der Waals surface area contributed by atoms with Crippen LogP contribution in [0.3, 0.4) is 0 Å². The molecule has 114 valence electrons. The number of rotatable bonds is 4. The number of benzene rings is 1. The largest absolute Gasteiger partial charge is 0.296 e. The van der Waals surface area contributed by atoms with E-state index in [1.165, 1.54) is 0 Å². The summed E-state index contributed by atoms with van der Waals surface area (Å²) in [5.74, 6) is 0.777. The lowest BCUT2D eigenvalue weighted by molar-refractivity contribution is 0.486. The normalized spacial score (nSPS) is 12.1. The van der Waals surface area contributed by atoms with Gasteiger partial charge in [0.15, 0.2) is 5.82 Å². The minimum atomic E-state index is -3.90. The van der Waals surface area contributed by atoms with E-state index in [1.807, 2.05) is 45.9 Å². The molecule has 0 saturated carbocycles. The van der Waals surface area contributed by atoms with Gasteiger partial charge in [-0.05, 0) is 30.9 Å². The van der Waals surface area contributed by atoms with Crippen molar-refractivity contribution in [2.75, 3.05) is 0 Å². The SMILES string of the molecule is Cc1cccc(-c2nnc(S(N)(=O)=O)n2CC(C)C)c1C. The molecule has 0 spiro atoms. The molecule has 0 atom stereocenters. The Hall–Kier alpha value is -1.73. The topological polar surface area (TPSA) is 90.9 Å². The van der Waals surface area contributed by atoms with Gasteiger partial charge in [0.1, 0.15) is 0 Å². The molecule has 2 N–H and O–H groups in total. The van der Waals surface area contributed by atoms with E-state index in [2.05, 4.69) is 10.2 Å². The summed E-state index contributed by atoms with van der Waals surface area (Å²) >= 11 is 0. The van der Waals surface area contributed by atoms with Crippen molar-refractivity contribution in [3.05, 3.63) is 29.3 Å². The van der Waals surface area contributed by atoms with E-state index >= 15 is 0 Å². The molecule has 0 fully saturated rings. The Morgan fingerprint density at radius 2 is 1.90 bits per heavy atom. The molecule has 0 bridgehead atoms. The lowest BCUT2D eigenvalue weighted by Crippen LogP contribution is -2.20. The van der Waals surface area contributed by atoms with Gasteiger partial charge in [0, 0.05) is 12.1 Å². The maximum atomic E-state index is 11.7. The third-order valence-electron chi connectivity index (χ3n) is 3.36. The van der Waals surface area contributed by atoms with Gasteiger partial charge in [0.2, 0.25) is 0 Å². The van der Waals surface area contributed by atoms with Gasteiger partial charge in [-0.2, -0.15) is 0 Å². The summed E-state index contributed by atoms with van der Waals surface area (Å²) in [6.07, 6.45) is 0. The Morgan fingerprint density at radius 1 is 1.24 bits per heavy atom. The number of aromatic nitrogens is 3. The van der Waals surface area contributed by atoms with Crippen LogP contribution in [0, 0.1) is 19.8 Å². The first-order chi connectivity index (χ1) is 9.71. The summed E-state index contributed by atoms with van der Waals surface area (Å²) in [4.78, 5) is 0. The lowest BCUT2D eigenvalue weighted by atomic mass is 10.0. The van der Waals surface area contributed by atoms with Gasteiger partial charge >= 0.3 is 0 Å². The van der Waals surface area contributed by atoms with Crippen LogP contribution in [0.15, 0.2) is 23.4 Å². The molecule has 6 nitrogen and oxygen atoms in total. The monoisotopic (exact) mass is 308 g/mol. The number of sulfonamides is 1. The third kappa shape index (κ3) is 3.14. The highest BCUT2D eigenvalue weighted by atomic mass is 32.2. The number of primary sulfonamides is 1. The van der Waals surface area contributed by atoms with Crippen LogP contribution in [-0.4, -0.2) is 23.2 Å². The lowest BCUT2D eigenvalue weighted by Gasteiger charge is -2.13. The van der Waals surface area contributed by atoms with E-state index < -0.39 is 10.0 Å². The minimum absolute atomic E-state index is 0.188. The maximum Gasteiger partial charge on any atom is 0.273 e. The van der Waals surface area contributed by atoms with Gasteiger partial charge in [-0.1, -0.05) is 32.0 Å². The first kappa shape index (κ1) is 15.7. The van der Waals surface area contributed by atoms with E-state index in [0.29, 0.717) is 12.4 Å². The summed E-state index contributed by atoms with van der Waals surface area (Å²) in [5.41, 5.74) is 3.04. The van der Waals surface area contributed by atoms with Crippen LogP contribution >= 0.6 is 0 Å². The average Bonchev–Trinajstić information content (AvgIpc) is 2.75. The van der Waals surface area contributed by atoms with Crippen molar-refractivity contribution in [3.8, 4) is 11.4 Å². The molecule has 0 amide bonds. The molecule has 0 aliphatic heterocycles. The van der Waals surface area contributed by atoms with Crippen LogP contribution in [-0.2, 0) is 16.6 Å². The van der Waals surface area contributed by atoms with Crippen molar-refractivity contribution in [2.45, 2.75) is 39.4 Å². The number of hydrogen-bond donors (Lipinski definition) is 1. The molecule has 7 heteroatoms. The van der Waals surface area contributed by atoms with E-state index in [1.54, 1.807) is 4.57 Å². The summed E-state index contributed by atoms with van der Waals surface area (Å²) in [6, 6.07) is 5.83. The second-order valence-corrected chi connectivity index (χ2v) is 7.06. The summed E-state index contributed by atoms with van der Waals surface area (Å²) in [7, 11) is -3.90. The maximum absolute atomic E-state index is 11.7. The van der Waals surface area contributed by atoms with Gasteiger partial charge in [-0.25, -0.2) is 13.6 Å². The Morgan fingerprint density at radius 3 is 2.48 bits per heavy atom. The van der Waals surface area contributed by atoms with E-state index in [-0.39, 0.29) is 11.1 Å². The fourth-order valence-electron chi connectivity index (χ4n) is 2.22. The van der Waals surface area contributed by atoms with Gasteiger partial charge in [0.25, 0.3) is 15.2 Å². The molecule has 0 aliphatic carbocycles. The highest BCUT2D eigenvalue weighted by molar-refractivity contribution is 7.89. The van der Waals surface area contributed by atoms with Crippen LogP contribution in [0.25, 0.3) is 11.4 Å². The van der Waals surface area contributed by atoms with Gasteiger partial charge in [-0.15, -0.1) is 10.2 Å². The highest BCUT2D eigenvalue weighted by Gasteiger charge is 2.23. The van der Waals surface area contributed by atoms with Crippen LogP contribution in [0.5, 0.6) is 0 Å². The summed E-state index contributed by atoms with van der Waals surface area (Å²) in [5, 5.41) is 12.9. The van der Waals surface area contributed by atoms with Crippen LogP contribution in [0.4, 0.5) is 0 Å². The number of nitrogens with zero attached hydrogens (tertiary/aromatic N) is 3. The molecular formula is C14H20N4O2S. The van der Waals surface area contributed by atoms with E-state index in [0.717, 1.165) is 16.7 Å². The molecule has 2 rings (SSSR count). The zero-order chi connectivity index (χ0) is 15.8. The fraction of sp³-hybridized carbons (Fsp3) is 0.429. The second kappa shape index (κ2) is 5.57. The van der Waals surface area contributed by atoms with Crippen molar-refractivity contribution in [2.24, 2.45) is 11.1 Å². The van der Waals surface area contributed by atoms with Gasteiger partial charge in [0.05, 0.1) is 0 Å². The quantitative estimate of drug-likeness (QED) is 0.933. The van der Waals surface area contributed by atoms with Crippen molar-refractivity contribution >= 4 is 10.0 Å². The Labute approximate surface area is 125 Å². The molecule has 1 heterocycles. The van der Waals surface area contributed by atoms with Crippen molar-refractivity contribution < 1.29 is 8.42 Å². The molecule has 0 saturated heterocycles. The zero-order valence-electron chi connectivity index (χ0n) is 12.7. The van der Waals surface area contributed by atoms with Gasteiger partial charge < -0.3 is 0 Å². The molecule has 21 heavy (non-hydrogen) atoms. The smallest absolute Gasteiger partial charge is 0.273 e. The molecule has 0 unspecified atom stereocenters. The Kier molecular flexibility index (Phi) is 4.15. The standard InChI is InChI=1S/C14H20N4O2S/c1-9(2)8-18-13(16-17-14(18)21(15,19)20)12-7-5-6-10(3)11(12)4/h5-7,9H,8H2,1-4H3,(H2,15,19,20). The summed E-state index contributed by atoms with van der Waals surface area (Å²) < 4.78 is 25.0. The molecule has 0 aliphatic rings. The average molecular weight is 308 g/mol. The molecule has 0 radical (unpaired) electrons. The first-order valence-corrected chi connectivity index (χ1v) is 8.29. The van der Waals surface area contributed by atoms with Crippen LogP contribution in [0.1, 0.15) is 25.0 Å². The zero-order valence-corrected chi connectivity index (χ0v) is 13.5. The van der Waals surface area contributed by atoms with E-state index in [4.69, 9.17) is 5.14 Å². The summed E-state index contributed by atoms with van der Waals surface area (Å²) in [6.45, 7) is 8.47. The molecule has 1 aromatic heterocycles.